The molecule has 0 aliphatic carbocycles. The molecule has 1 atom stereocenters. The average Bonchev–Trinajstić information content (AvgIpc) is 2.46. The van der Waals surface area contributed by atoms with Gasteiger partial charge in [-0.3, -0.25) is 4.18 Å². The van der Waals surface area contributed by atoms with Crippen LogP contribution >= 0.6 is 0 Å². The van der Waals surface area contributed by atoms with E-state index in [1.165, 1.54) is 0 Å². The molecule has 2 aromatic carbocycles. The third kappa shape index (κ3) is 4.06. The zero-order chi connectivity index (χ0) is 14.4. The van der Waals surface area contributed by atoms with Crippen molar-refractivity contribution >= 4 is 11.1 Å². The van der Waals surface area contributed by atoms with Crippen molar-refractivity contribution < 1.29 is 8.39 Å². The van der Waals surface area contributed by atoms with Crippen molar-refractivity contribution in [3.8, 4) is 11.8 Å². The monoisotopic (exact) mass is 284 g/mol. The van der Waals surface area contributed by atoms with E-state index in [0.29, 0.717) is 4.90 Å². The van der Waals surface area contributed by atoms with E-state index < -0.39 is 11.1 Å². The van der Waals surface area contributed by atoms with E-state index >= 15 is 0 Å². The fourth-order valence-corrected chi connectivity index (χ4v) is 2.31. The third-order valence-electron chi connectivity index (χ3n) is 2.82. The van der Waals surface area contributed by atoms with Crippen LogP contribution in [0, 0.1) is 25.7 Å². The summed E-state index contributed by atoms with van der Waals surface area (Å²) in [6.07, 6.45) is 0. The van der Waals surface area contributed by atoms with Crippen molar-refractivity contribution in [3.05, 3.63) is 65.2 Å². The van der Waals surface area contributed by atoms with Gasteiger partial charge in [0.15, 0.2) is 11.1 Å². The molecule has 0 radical (unpaired) electrons. The Morgan fingerprint density at radius 1 is 1.05 bits per heavy atom. The quantitative estimate of drug-likeness (QED) is 0.808. The minimum atomic E-state index is -1.46. The minimum absolute atomic E-state index is 0.148. The fourth-order valence-electron chi connectivity index (χ4n) is 1.64. The Morgan fingerprint density at radius 3 is 2.45 bits per heavy atom. The molecular weight excluding hydrogens is 268 g/mol. The number of rotatable bonds is 3. The second-order valence-corrected chi connectivity index (χ2v) is 5.60. The van der Waals surface area contributed by atoms with Gasteiger partial charge in [0.1, 0.15) is 6.61 Å². The Bertz CT molecular complexity index is 663. The van der Waals surface area contributed by atoms with Crippen LogP contribution in [0.15, 0.2) is 53.4 Å². The van der Waals surface area contributed by atoms with Gasteiger partial charge >= 0.3 is 0 Å². The summed E-state index contributed by atoms with van der Waals surface area (Å²) in [5, 5.41) is 0. The smallest absolute Gasteiger partial charge is 0.190 e. The number of hydrogen-bond donors (Lipinski definition) is 0. The molecule has 0 N–H and O–H groups in total. The molecule has 20 heavy (non-hydrogen) atoms. The standard InChI is InChI=1S/C17H16O2S/c1-14-9-11-17(12-10-14)20(18)19-13-5-8-16-7-4-3-6-15(16)2/h3-4,6-7,9-12H,13H2,1-2H3/t20-/m0/s1. The van der Waals surface area contributed by atoms with Gasteiger partial charge in [0, 0.05) is 5.56 Å². The van der Waals surface area contributed by atoms with Crippen molar-refractivity contribution in [3.63, 3.8) is 0 Å². The Hall–Kier alpha value is -1.89. The van der Waals surface area contributed by atoms with Gasteiger partial charge < -0.3 is 0 Å². The first-order valence-electron chi connectivity index (χ1n) is 6.33. The molecule has 0 aliphatic rings. The molecule has 0 amide bonds. The van der Waals surface area contributed by atoms with Crippen LogP contribution in [0.25, 0.3) is 0 Å². The van der Waals surface area contributed by atoms with E-state index in [4.69, 9.17) is 4.18 Å². The molecule has 0 saturated carbocycles. The molecular formula is C17H16O2S. The maximum Gasteiger partial charge on any atom is 0.190 e. The van der Waals surface area contributed by atoms with Crippen LogP contribution in [0.5, 0.6) is 0 Å². The van der Waals surface area contributed by atoms with Crippen molar-refractivity contribution in [2.45, 2.75) is 18.7 Å². The molecule has 0 aliphatic heterocycles. The lowest BCUT2D eigenvalue weighted by Crippen LogP contribution is -1.98. The Labute approximate surface area is 122 Å². The summed E-state index contributed by atoms with van der Waals surface area (Å²) < 4.78 is 17.1. The van der Waals surface area contributed by atoms with Gasteiger partial charge in [-0.1, -0.05) is 47.7 Å². The van der Waals surface area contributed by atoms with Gasteiger partial charge in [0.2, 0.25) is 0 Å². The van der Waals surface area contributed by atoms with Gasteiger partial charge in [-0.2, -0.15) is 0 Å². The molecule has 0 bridgehead atoms. The first-order chi connectivity index (χ1) is 9.66. The molecule has 3 heteroatoms. The van der Waals surface area contributed by atoms with Crippen molar-refractivity contribution in [2.24, 2.45) is 0 Å². The summed E-state index contributed by atoms with van der Waals surface area (Å²) in [6, 6.07) is 15.3. The van der Waals surface area contributed by atoms with Crippen LogP contribution in [0.1, 0.15) is 16.7 Å². The highest BCUT2D eigenvalue weighted by molar-refractivity contribution is 7.80. The Kier molecular flexibility index (Phi) is 5.11. The zero-order valence-electron chi connectivity index (χ0n) is 11.6. The largest absolute Gasteiger partial charge is 0.274 e. The summed E-state index contributed by atoms with van der Waals surface area (Å²) in [7, 11) is 0. The summed E-state index contributed by atoms with van der Waals surface area (Å²) in [4.78, 5) is 0.660. The number of hydrogen-bond acceptors (Lipinski definition) is 2. The summed E-state index contributed by atoms with van der Waals surface area (Å²) >= 11 is -1.46. The predicted octanol–water partition coefficient (Wildman–Crippen LogP) is 3.39. The SMILES string of the molecule is Cc1ccc([S@@](=O)OCC#Cc2ccccc2C)cc1. The number of aryl methyl sites for hydroxylation is 2. The summed E-state index contributed by atoms with van der Waals surface area (Å²) in [5.41, 5.74) is 3.22. The zero-order valence-corrected chi connectivity index (χ0v) is 12.4. The minimum Gasteiger partial charge on any atom is -0.274 e. The lowest BCUT2D eigenvalue weighted by molar-refractivity contribution is 0.402. The van der Waals surface area contributed by atoms with E-state index in [1.807, 2.05) is 50.2 Å². The Balaban J connectivity index is 1.92. The molecule has 0 heterocycles. The first kappa shape index (κ1) is 14.5. The molecule has 2 aromatic rings. The van der Waals surface area contributed by atoms with Crippen molar-refractivity contribution in [2.75, 3.05) is 6.61 Å². The molecule has 0 aromatic heterocycles. The molecule has 2 nitrogen and oxygen atoms in total. The highest BCUT2D eigenvalue weighted by atomic mass is 32.2. The molecule has 102 valence electrons. The lowest BCUT2D eigenvalue weighted by atomic mass is 10.1. The molecule has 0 fully saturated rings. The van der Waals surface area contributed by atoms with Crippen molar-refractivity contribution in [1.82, 2.24) is 0 Å². The van der Waals surface area contributed by atoms with E-state index in [2.05, 4.69) is 11.8 Å². The fraction of sp³-hybridized carbons (Fsp3) is 0.176. The maximum atomic E-state index is 11.9. The van der Waals surface area contributed by atoms with Crippen LogP contribution in [-0.2, 0) is 15.3 Å². The molecule has 0 spiro atoms. The molecule has 2 rings (SSSR count). The topological polar surface area (TPSA) is 26.3 Å². The molecule has 0 unspecified atom stereocenters. The van der Waals surface area contributed by atoms with Crippen LogP contribution in [0.3, 0.4) is 0 Å². The Morgan fingerprint density at radius 2 is 1.75 bits per heavy atom. The normalized spacial score (nSPS) is 11.5. The average molecular weight is 284 g/mol. The maximum absolute atomic E-state index is 11.9. The summed E-state index contributed by atoms with van der Waals surface area (Å²) in [5.74, 6) is 5.91. The van der Waals surface area contributed by atoms with Crippen LogP contribution in [-0.4, -0.2) is 10.8 Å². The highest BCUT2D eigenvalue weighted by Crippen LogP contribution is 2.09. The van der Waals surface area contributed by atoms with Crippen LogP contribution in [0.4, 0.5) is 0 Å². The summed E-state index contributed by atoms with van der Waals surface area (Å²) in [6.45, 7) is 4.14. The van der Waals surface area contributed by atoms with Gasteiger partial charge in [0.25, 0.3) is 0 Å². The van der Waals surface area contributed by atoms with Gasteiger partial charge in [0.05, 0.1) is 4.90 Å². The molecule has 0 saturated heterocycles. The third-order valence-corrected chi connectivity index (χ3v) is 3.81. The number of benzene rings is 2. The second kappa shape index (κ2) is 7.04. The van der Waals surface area contributed by atoms with Crippen LogP contribution in [0.2, 0.25) is 0 Å². The highest BCUT2D eigenvalue weighted by Gasteiger charge is 2.02. The van der Waals surface area contributed by atoms with Crippen LogP contribution < -0.4 is 0 Å². The van der Waals surface area contributed by atoms with E-state index in [0.717, 1.165) is 16.7 Å². The van der Waals surface area contributed by atoms with Gasteiger partial charge in [-0.05, 0) is 37.6 Å². The van der Waals surface area contributed by atoms with Gasteiger partial charge in [-0.25, -0.2) is 4.21 Å². The lowest BCUT2D eigenvalue weighted by Gasteiger charge is -2.00. The second-order valence-electron chi connectivity index (χ2n) is 4.43. The predicted molar refractivity (Wildman–Crippen MR) is 81.6 cm³/mol. The first-order valence-corrected chi connectivity index (χ1v) is 7.40. The van der Waals surface area contributed by atoms with E-state index in [1.54, 1.807) is 12.1 Å². The van der Waals surface area contributed by atoms with Crippen molar-refractivity contribution in [1.29, 1.82) is 0 Å². The van der Waals surface area contributed by atoms with E-state index in [9.17, 15) is 4.21 Å². The van der Waals surface area contributed by atoms with E-state index in [-0.39, 0.29) is 6.61 Å². The van der Waals surface area contributed by atoms with Gasteiger partial charge in [-0.15, -0.1) is 0 Å².